The second kappa shape index (κ2) is 9.82. The zero-order chi connectivity index (χ0) is 20.7. The summed E-state index contributed by atoms with van der Waals surface area (Å²) < 4.78 is 0. The molecule has 0 radical (unpaired) electrons. The van der Waals surface area contributed by atoms with Crippen LogP contribution in [0.2, 0.25) is 0 Å². The maximum atomic E-state index is 11.4. The topological polar surface area (TPSA) is 40.9 Å². The van der Waals surface area contributed by atoms with Crippen LogP contribution >= 0.6 is 0 Å². The van der Waals surface area contributed by atoms with Crippen molar-refractivity contribution in [1.29, 1.82) is 5.41 Å². The normalized spacial score (nSPS) is 24.9. The molecule has 28 heavy (non-hydrogen) atoms. The Kier molecular flexibility index (Phi) is 7.74. The zero-order valence-electron chi connectivity index (χ0n) is 17.9. The highest BCUT2D eigenvalue weighted by Gasteiger charge is 2.33. The number of hydrogen-bond donors (Lipinski definition) is 1. The molecule has 0 saturated heterocycles. The van der Waals surface area contributed by atoms with Gasteiger partial charge in [-0.3, -0.25) is 0 Å². The van der Waals surface area contributed by atoms with Crippen molar-refractivity contribution in [2.24, 2.45) is 11.3 Å². The van der Waals surface area contributed by atoms with Crippen molar-refractivity contribution < 1.29 is 4.79 Å². The SMILES string of the molecule is C=C/C(=C(\C(C)=C/C)C1CCC(C)(C=O)CC1)c1ccc(C(C=N)CC)cc1. The second-order valence-electron chi connectivity index (χ2n) is 8.35. The molecule has 0 spiro atoms. The van der Waals surface area contributed by atoms with Crippen LogP contribution in [0.1, 0.15) is 76.8 Å². The van der Waals surface area contributed by atoms with Crippen molar-refractivity contribution >= 4 is 18.1 Å². The molecule has 1 aromatic carbocycles. The van der Waals surface area contributed by atoms with Crippen molar-refractivity contribution in [2.45, 2.75) is 65.7 Å². The standard InChI is InChI=1S/C26H35NO/c1-6-19(4)25(23-13-15-26(5,18-28)16-14-23)24(8-3)22-11-9-21(10-12-22)20(7-2)17-27/h6,8-12,17-18,20,23,27H,3,7,13-16H2,1-2,4-5H3/b19-6-,25-24-,27-17?. The van der Waals surface area contributed by atoms with Gasteiger partial charge >= 0.3 is 0 Å². The highest BCUT2D eigenvalue weighted by atomic mass is 16.1. The van der Waals surface area contributed by atoms with Crippen molar-refractivity contribution in [2.75, 3.05) is 0 Å². The molecule has 1 aromatic rings. The van der Waals surface area contributed by atoms with Gasteiger partial charge in [0.1, 0.15) is 6.29 Å². The molecule has 1 aliphatic rings. The van der Waals surface area contributed by atoms with Crippen LogP contribution in [0.4, 0.5) is 0 Å². The number of carbonyl (C=O) groups excluding carboxylic acids is 1. The van der Waals surface area contributed by atoms with Crippen LogP contribution in [-0.4, -0.2) is 12.5 Å². The van der Waals surface area contributed by atoms with Crippen LogP contribution in [0.3, 0.4) is 0 Å². The Morgan fingerprint density at radius 2 is 1.89 bits per heavy atom. The quantitative estimate of drug-likeness (QED) is 0.292. The lowest BCUT2D eigenvalue weighted by Crippen LogP contribution is -2.27. The molecule has 2 rings (SSSR count). The smallest absolute Gasteiger partial charge is 0.125 e. The number of allylic oxidation sites excluding steroid dienone is 5. The molecule has 150 valence electrons. The summed E-state index contributed by atoms with van der Waals surface area (Å²) in [5.41, 5.74) is 6.07. The van der Waals surface area contributed by atoms with E-state index in [0.717, 1.165) is 38.4 Å². The monoisotopic (exact) mass is 377 g/mol. The lowest BCUT2D eigenvalue weighted by molar-refractivity contribution is -0.117. The van der Waals surface area contributed by atoms with Crippen molar-refractivity contribution in [3.8, 4) is 0 Å². The van der Waals surface area contributed by atoms with Crippen LogP contribution in [0.5, 0.6) is 0 Å². The first-order chi connectivity index (χ1) is 13.4. The minimum atomic E-state index is -0.163. The summed E-state index contributed by atoms with van der Waals surface area (Å²) in [5, 5.41) is 7.62. The van der Waals surface area contributed by atoms with E-state index < -0.39 is 0 Å². The number of aldehydes is 1. The Bertz CT molecular complexity index is 758. The maximum Gasteiger partial charge on any atom is 0.125 e. The van der Waals surface area contributed by atoms with E-state index in [0.29, 0.717) is 5.92 Å². The van der Waals surface area contributed by atoms with Gasteiger partial charge in [0, 0.05) is 17.5 Å². The molecule has 1 fully saturated rings. The van der Waals surface area contributed by atoms with Crippen LogP contribution in [0, 0.1) is 16.7 Å². The van der Waals surface area contributed by atoms with Gasteiger partial charge in [0.05, 0.1) is 0 Å². The third-order valence-electron chi connectivity index (χ3n) is 6.46. The average molecular weight is 378 g/mol. The minimum Gasteiger partial charge on any atom is -0.312 e. The van der Waals surface area contributed by atoms with Gasteiger partial charge in [0.15, 0.2) is 0 Å². The predicted molar refractivity (Wildman–Crippen MR) is 121 cm³/mol. The lowest BCUT2D eigenvalue weighted by Gasteiger charge is -2.35. The Morgan fingerprint density at radius 1 is 1.29 bits per heavy atom. The minimum absolute atomic E-state index is 0.163. The number of benzene rings is 1. The Balaban J connectivity index is 2.44. The zero-order valence-corrected chi connectivity index (χ0v) is 17.9. The molecule has 1 unspecified atom stereocenters. The predicted octanol–water partition coefficient (Wildman–Crippen LogP) is 7.13. The Morgan fingerprint density at radius 3 is 2.32 bits per heavy atom. The molecule has 0 amide bonds. The molecule has 0 aliphatic heterocycles. The van der Waals surface area contributed by atoms with Gasteiger partial charge in [-0.1, -0.05) is 62.4 Å². The molecule has 1 saturated carbocycles. The fraction of sp³-hybridized carbons (Fsp3) is 0.462. The summed E-state index contributed by atoms with van der Waals surface area (Å²) in [6, 6.07) is 8.62. The third-order valence-corrected chi connectivity index (χ3v) is 6.46. The molecular weight excluding hydrogens is 342 g/mol. The summed E-state index contributed by atoms with van der Waals surface area (Å²) >= 11 is 0. The lowest BCUT2D eigenvalue weighted by atomic mass is 9.68. The first-order valence-electron chi connectivity index (χ1n) is 10.5. The van der Waals surface area contributed by atoms with Crippen LogP contribution in [0.15, 0.2) is 54.1 Å². The summed E-state index contributed by atoms with van der Waals surface area (Å²) in [6.07, 6.45) is 11.8. The van der Waals surface area contributed by atoms with Crippen molar-refractivity contribution in [1.82, 2.24) is 0 Å². The average Bonchev–Trinajstić information content (AvgIpc) is 2.74. The van der Waals surface area contributed by atoms with Gasteiger partial charge in [-0.25, -0.2) is 0 Å². The molecule has 1 atom stereocenters. The molecule has 1 N–H and O–H groups in total. The van der Waals surface area contributed by atoms with Gasteiger partial charge in [-0.05, 0) is 74.1 Å². The highest BCUT2D eigenvalue weighted by molar-refractivity contribution is 5.80. The van der Waals surface area contributed by atoms with Gasteiger partial charge in [0.25, 0.3) is 0 Å². The summed E-state index contributed by atoms with van der Waals surface area (Å²) in [6.45, 7) is 12.6. The van der Waals surface area contributed by atoms with E-state index in [1.54, 1.807) is 0 Å². The first-order valence-corrected chi connectivity index (χ1v) is 10.5. The van der Waals surface area contributed by atoms with Gasteiger partial charge in [-0.15, -0.1) is 0 Å². The first kappa shape index (κ1) is 22.1. The molecule has 0 aromatic heterocycles. The van der Waals surface area contributed by atoms with E-state index in [1.807, 2.05) is 6.08 Å². The van der Waals surface area contributed by atoms with Crippen LogP contribution < -0.4 is 0 Å². The van der Waals surface area contributed by atoms with Crippen LogP contribution in [0.25, 0.3) is 5.57 Å². The van der Waals surface area contributed by atoms with E-state index in [2.05, 4.69) is 64.6 Å². The van der Waals surface area contributed by atoms with Crippen LogP contribution in [-0.2, 0) is 4.79 Å². The highest BCUT2D eigenvalue weighted by Crippen LogP contribution is 2.44. The number of hydrogen-bond acceptors (Lipinski definition) is 2. The van der Waals surface area contributed by atoms with E-state index in [4.69, 9.17) is 5.41 Å². The van der Waals surface area contributed by atoms with Gasteiger partial charge in [0.2, 0.25) is 0 Å². The fourth-order valence-electron chi connectivity index (χ4n) is 4.34. The fourth-order valence-corrected chi connectivity index (χ4v) is 4.34. The molecule has 1 aliphatic carbocycles. The Hall–Kier alpha value is -2.22. The summed E-state index contributed by atoms with van der Waals surface area (Å²) in [7, 11) is 0. The largest absolute Gasteiger partial charge is 0.312 e. The summed E-state index contributed by atoms with van der Waals surface area (Å²) in [5.74, 6) is 0.642. The third kappa shape index (κ3) is 4.79. The van der Waals surface area contributed by atoms with Gasteiger partial charge in [-0.2, -0.15) is 0 Å². The Labute approximate surface area is 171 Å². The maximum absolute atomic E-state index is 11.4. The van der Waals surface area contributed by atoms with E-state index in [1.165, 1.54) is 34.1 Å². The van der Waals surface area contributed by atoms with Crippen molar-refractivity contribution in [3.05, 3.63) is 65.3 Å². The van der Waals surface area contributed by atoms with E-state index in [9.17, 15) is 4.79 Å². The number of carbonyl (C=O) groups is 1. The number of nitrogens with one attached hydrogen (secondary N) is 1. The molecule has 0 bridgehead atoms. The van der Waals surface area contributed by atoms with Crippen molar-refractivity contribution in [3.63, 3.8) is 0 Å². The van der Waals surface area contributed by atoms with E-state index in [-0.39, 0.29) is 11.3 Å². The summed E-state index contributed by atoms with van der Waals surface area (Å²) in [4.78, 5) is 11.4. The number of rotatable bonds is 8. The molecular formula is C26H35NO. The molecule has 2 nitrogen and oxygen atoms in total. The second-order valence-corrected chi connectivity index (χ2v) is 8.35. The van der Waals surface area contributed by atoms with E-state index >= 15 is 0 Å². The van der Waals surface area contributed by atoms with Gasteiger partial charge < -0.3 is 10.2 Å². The molecule has 2 heteroatoms. The molecule has 0 heterocycles.